The zero-order valence-corrected chi connectivity index (χ0v) is 11.8. The Morgan fingerprint density at radius 1 is 1.21 bits per heavy atom. The van der Waals surface area contributed by atoms with E-state index in [1.807, 2.05) is 0 Å². The Hall–Kier alpha value is 0.207. The smallest absolute Gasteiger partial charge is 0.192 e. The van der Waals surface area contributed by atoms with Crippen molar-refractivity contribution in [3.8, 4) is 0 Å². The molecule has 0 saturated heterocycles. The Labute approximate surface area is 94.6 Å². The van der Waals surface area contributed by atoms with Crippen molar-refractivity contribution in [3.63, 3.8) is 0 Å². The summed E-state index contributed by atoms with van der Waals surface area (Å²) in [6, 6.07) is 0. The molecule has 0 aromatic carbocycles. The van der Waals surface area contributed by atoms with Crippen LogP contribution in [-0.4, -0.2) is 20.8 Å². The van der Waals surface area contributed by atoms with Crippen molar-refractivity contribution in [1.29, 1.82) is 0 Å². The maximum Gasteiger partial charge on any atom is 0.192 e. The zero-order chi connectivity index (χ0) is 11.2. The van der Waals surface area contributed by atoms with Gasteiger partial charge in [-0.05, 0) is 24.6 Å². The van der Waals surface area contributed by atoms with E-state index in [-0.39, 0.29) is 0 Å². The van der Waals surface area contributed by atoms with Crippen molar-refractivity contribution in [2.75, 3.05) is 12.5 Å². The third kappa shape index (κ3) is 5.18. The van der Waals surface area contributed by atoms with Crippen molar-refractivity contribution in [2.24, 2.45) is 0 Å². The van der Waals surface area contributed by atoms with Crippen LogP contribution in [-0.2, 0) is 4.43 Å². The van der Waals surface area contributed by atoms with Crippen LogP contribution >= 0.6 is 11.6 Å². The fourth-order valence-electron chi connectivity index (χ4n) is 0.722. The molecule has 0 aromatic rings. The van der Waals surface area contributed by atoms with E-state index >= 15 is 0 Å². The van der Waals surface area contributed by atoms with Gasteiger partial charge in [-0.25, -0.2) is 0 Å². The summed E-state index contributed by atoms with van der Waals surface area (Å²) in [6.07, 6.45) is 5.09. The first-order chi connectivity index (χ1) is 6.31. The van der Waals surface area contributed by atoms with Gasteiger partial charge in [0.15, 0.2) is 8.32 Å². The topological polar surface area (TPSA) is 9.23 Å². The predicted octanol–water partition coefficient (Wildman–Crippen LogP) is 4.19. The van der Waals surface area contributed by atoms with E-state index in [4.69, 9.17) is 16.0 Å². The van der Waals surface area contributed by atoms with Crippen molar-refractivity contribution >= 4 is 19.9 Å². The summed E-state index contributed by atoms with van der Waals surface area (Å²) < 4.78 is 5.95. The minimum atomic E-state index is -1.55. The highest BCUT2D eigenvalue weighted by Crippen LogP contribution is 2.36. The first-order valence-electron chi connectivity index (χ1n) is 5.16. The third-order valence-electron chi connectivity index (χ3n) is 2.79. The number of halogens is 1. The van der Waals surface area contributed by atoms with Crippen LogP contribution < -0.4 is 0 Å². The monoisotopic (exact) mass is 234 g/mol. The fourth-order valence-corrected chi connectivity index (χ4v) is 1.79. The lowest BCUT2D eigenvalue weighted by Crippen LogP contribution is -2.40. The van der Waals surface area contributed by atoms with Crippen LogP contribution in [0.15, 0.2) is 12.2 Å². The van der Waals surface area contributed by atoms with Gasteiger partial charge in [0, 0.05) is 5.88 Å². The summed E-state index contributed by atoms with van der Waals surface area (Å²) in [5, 5.41) is 0.299. The fraction of sp³-hybridized carbons (Fsp3) is 0.818. The molecule has 0 aliphatic rings. The van der Waals surface area contributed by atoms with Crippen LogP contribution in [0.3, 0.4) is 0 Å². The maximum absolute atomic E-state index is 5.95. The van der Waals surface area contributed by atoms with Crippen LogP contribution in [0.25, 0.3) is 0 Å². The highest BCUT2D eigenvalue weighted by molar-refractivity contribution is 6.74. The molecule has 84 valence electrons. The molecule has 0 heterocycles. The molecule has 0 aromatic heterocycles. The van der Waals surface area contributed by atoms with Crippen molar-refractivity contribution in [3.05, 3.63) is 12.2 Å². The van der Waals surface area contributed by atoms with Gasteiger partial charge in [0.1, 0.15) is 0 Å². The Kier molecular flexibility index (Phi) is 6.02. The standard InChI is InChI=1S/C11H23ClOSi/c1-11(2,3)14(4,5)13-10-8-6-7-9-12/h6,8H,7,9-10H2,1-5H3/b8-6-. The molecule has 0 unspecified atom stereocenters. The van der Waals surface area contributed by atoms with E-state index in [2.05, 4.69) is 46.0 Å². The number of rotatable bonds is 5. The summed E-state index contributed by atoms with van der Waals surface area (Å²) in [5.74, 6) is 0.691. The number of alkyl halides is 1. The molecule has 0 radical (unpaired) electrons. The average Bonchev–Trinajstić information content (AvgIpc) is 2.02. The number of hydrogen-bond acceptors (Lipinski definition) is 1. The average molecular weight is 235 g/mol. The van der Waals surface area contributed by atoms with Gasteiger partial charge in [-0.3, -0.25) is 0 Å². The molecule has 0 rings (SSSR count). The quantitative estimate of drug-likeness (QED) is 0.394. The van der Waals surface area contributed by atoms with Gasteiger partial charge in [-0.1, -0.05) is 32.9 Å². The van der Waals surface area contributed by atoms with Crippen LogP contribution in [0.5, 0.6) is 0 Å². The second kappa shape index (κ2) is 5.94. The van der Waals surface area contributed by atoms with Gasteiger partial charge in [0.25, 0.3) is 0 Å². The van der Waals surface area contributed by atoms with E-state index in [9.17, 15) is 0 Å². The van der Waals surface area contributed by atoms with Crippen LogP contribution in [0.4, 0.5) is 0 Å². The number of hydrogen-bond donors (Lipinski definition) is 0. The van der Waals surface area contributed by atoms with Crippen molar-refractivity contribution in [1.82, 2.24) is 0 Å². The zero-order valence-electron chi connectivity index (χ0n) is 10.1. The van der Waals surface area contributed by atoms with E-state index in [1.165, 1.54) is 0 Å². The number of allylic oxidation sites excluding steroid dienone is 1. The molecule has 1 nitrogen and oxygen atoms in total. The predicted molar refractivity (Wildman–Crippen MR) is 67.6 cm³/mol. The van der Waals surface area contributed by atoms with Crippen LogP contribution in [0.2, 0.25) is 18.1 Å². The SMILES string of the molecule is CC(C)(C)[Si](C)(C)OC/C=C\CCCl. The lowest BCUT2D eigenvalue weighted by atomic mass is 10.2. The summed E-state index contributed by atoms with van der Waals surface area (Å²) >= 11 is 5.56. The Morgan fingerprint density at radius 2 is 1.79 bits per heavy atom. The first kappa shape index (κ1) is 14.2. The molecular weight excluding hydrogens is 212 g/mol. The second-order valence-electron chi connectivity index (χ2n) is 5.02. The van der Waals surface area contributed by atoms with Crippen LogP contribution in [0.1, 0.15) is 27.2 Å². The Morgan fingerprint density at radius 3 is 2.21 bits per heavy atom. The maximum atomic E-state index is 5.95. The molecule has 0 spiro atoms. The largest absolute Gasteiger partial charge is 0.413 e. The van der Waals surface area contributed by atoms with Gasteiger partial charge < -0.3 is 4.43 Å². The molecule has 3 heteroatoms. The minimum Gasteiger partial charge on any atom is -0.413 e. The van der Waals surface area contributed by atoms with Gasteiger partial charge in [-0.2, -0.15) is 0 Å². The van der Waals surface area contributed by atoms with E-state index < -0.39 is 8.32 Å². The molecule has 0 aliphatic heterocycles. The van der Waals surface area contributed by atoms with E-state index in [0.717, 1.165) is 13.0 Å². The highest BCUT2D eigenvalue weighted by Gasteiger charge is 2.36. The minimum absolute atomic E-state index is 0.299. The summed E-state index contributed by atoms with van der Waals surface area (Å²) in [7, 11) is -1.55. The third-order valence-corrected chi connectivity index (χ3v) is 7.51. The summed E-state index contributed by atoms with van der Waals surface area (Å²) in [4.78, 5) is 0. The summed E-state index contributed by atoms with van der Waals surface area (Å²) in [5.41, 5.74) is 0. The molecule has 14 heavy (non-hydrogen) atoms. The van der Waals surface area contributed by atoms with Gasteiger partial charge >= 0.3 is 0 Å². The van der Waals surface area contributed by atoms with Gasteiger partial charge in [-0.15, -0.1) is 11.6 Å². The van der Waals surface area contributed by atoms with Crippen molar-refractivity contribution < 1.29 is 4.43 Å². The normalized spacial score (nSPS) is 13.9. The Balaban J connectivity index is 3.89. The molecule has 0 saturated carbocycles. The molecule has 0 bridgehead atoms. The van der Waals surface area contributed by atoms with E-state index in [0.29, 0.717) is 10.9 Å². The molecule has 0 N–H and O–H groups in total. The van der Waals surface area contributed by atoms with Crippen LogP contribution in [0, 0.1) is 0 Å². The molecule has 0 aliphatic carbocycles. The second-order valence-corrected chi connectivity index (χ2v) is 10.2. The van der Waals surface area contributed by atoms with Gasteiger partial charge in [0.2, 0.25) is 0 Å². The van der Waals surface area contributed by atoms with E-state index in [1.54, 1.807) is 0 Å². The lowest BCUT2D eigenvalue weighted by Gasteiger charge is -2.35. The van der Waals surface area contributed by atoms with Crippen molar-refractivity contribution in [2.45, 2.75) is 45.3 Å². The van der Waals surface area contributed by atoms with Gasteiger partial charge in [0.05, 0.1) is 6.61 Å². The molecule has 0 amide bonds. The Bertz CT molecular complexity index is 182. The highest BCUT2D eigenvalue weighted by atomic mass is 35.5. The summed E-state index contributed by atoms with van der Waals surface area (Å²) in [6.45, 7) is 12.0. The molecule has 0 fully saturated rings. The first-order valence-corrected chi connectivity index (χ1v) is 8.60. The lowest BCUT2D eigenvalue weighted by molar-refractivity contribution is 0.328. The molecule has 0 atom stereocenters. The molecular formula is C11H23ClOSi.